The summed E-state index contributed by atoms with van der Waals surface area (Å²) in [5.74, 6) is -0.134. The molecule has 0 unspecified atom stereocenters. The van der Waals surface area contributed by atoms with Gasteiger partial charge in [-0.1, -0.05) is 29.8 Å². The van der Waals surface area contributed by atoms with Crippen LogP contribution in [0.25, 0.3) is 0 Å². The average molecular weight is 311 g/mol. The lowest BCUT2D eigenvalue weighted by atomic mass is 10.1. The van der Waals surface area contributed by atoms with E-state index in [-0.39, 0.29) is 18.2 Å². The maximum atomic E-state index is 11.8. The molecule has 0 saturated heterocycles. The first-order valence-corrected chi connectivity index (χ1v) is 7.39. The Hall–Kier alpha value is -2.82. The monoisotopic (exact) mass is 311 g/mol. The van der Waals surface area contributed by atoms with Crippen molar-refractivity contribution in [2.75, 3.05) is 11.9 Å². The van der Waals surface area contributed by atoms with E-state index >= 15 is 0 Å². The number of nitrogens with one attached hydrogen (secondary N) is 2. The molecule has 5 heteroatoms. The Morgan fingerprint density at radius 3 is 2.48 bits per heavy atom. The van der Waals surface area contributed by atoms with Gasteiger partial charge in [-0.25, -0.2) is 5.43 Å². The molecule has 0 radical (unpaired) electrons. The number of hydrogen-bond acceptors (Lipinski definition) is 4. The second-order valence-corrected chi connectivity index (χ2v) is 5.48. The number of para-hydroxylation sites is 1. The predicted molar refractivity (Wildman–Crippen MR) is 93.0 cm³/mol. The molecule has 3 N–H and O–H groups in total. The number of carbonyl (C=O) groups is 1. The Bertz CT molecular complexity index is 716. The maximum absolute atomic E-state index is 11.8. The fraction of sp³-hybridized carbons (Fsp3) is 0.222. The second kappa shape index (κ2) is 7.45. The summed E-state index contributed by atoms with van der Waals surface area (Å²) < 4.78 is 0. The summed E-state index contributed by atoms with van der Waals surface area (Å²) in [6.07, 6.45) is 1.41. The quantitative estimate of drug-likeness (QED) is 0.587. The van der Waals surface area contributed by atoms with E-state index in [9.17, 15) is 9.90 Å². The van der Waals surface area contributed by atoms with Crippen molar-refractivity contribution in [1.29, 1.82) is 0 Å². The van der Waals surface area contributed by atoms with Crippen LogP contribution >= 0.6 is 0 Å². The van der Waals surface area contributed by atoms with Gasteiger partial charge in [0.15, 0.2) is 0 Å². The molecule has 0 aliphatic carbocycles. The molecule has 23 heavy (non-hydrogen) atoms. The molecule has 0 spiro atoms. The molecule has 1 amide bonds. The number of anilines is 1. The Morgan fingerprint density at radius 2 is 1.83 bits per heavy atom. The van der Waals surface area contributed by atoms with Gasteiger partial charge in [0, 0.05) is 11.3 Å². The highest BCUT2D eigenvalue weighted by Gasteiger charge is 2.05. The number of rotatable bonds is 5. The summed E-state index contributed by atoms with van der Waals surface area (Å²) in [5.41, 5.74) is 7.36. The Kier molecular flexibility index (Phi) is 5.36. The zero-order valence-corrected chi connectivity index (χ0v) is 13.6. The summed E-state index contributed by atoms with van der Waals surface area (Å²) in [6.45, 7) is 6.19. The Balaban J connectivity index is 1.90. The molecule has 0 fully saturated rings. The fourth-order valence-electron chi connectivity index (χ4n) is 2.44. The van der Waals surface area contributed by atoms with E-state index in [1.807, 2.05) is 20.8 Å². The van der Waals surface area contributed by atoms with Gasteiger partial charge in [-0.3, -0.25) is 4.79 Å². The number of nitrogens with zero attached hydrogens (tertiary/aromatic N) is 1. The van der Waals surface area contributed by atoms with Crippen LogP contribution in [0, 0.1) is 20.8 Å². The fourth-order valence-corrected chi connectivity index (χ4v) is 2.44. The summed E-state index contributed by atoms with van der Waals surface area (Å²) in [7, 11) is 0. The van der Waals surface area contributed by atoms with Crippen molar-refractivity contribution in [2.24, 2.45) is 5.10 Å². The number of phenolic OH excluding ortho intramolecular Hbond substituents is 1. The van der Waals surface area contributed by atoms with Gasteiger partial charge in [-0.05, 0) is 44.0 Å². The minimum absolute atomic E-state index is 0.120. The van der Waals surface area contributed by atoms with E-state index in [1.165, 1.54) is 11.8 Å². The van der Waals surface area contributed by atoms with Crippen LogP contribution in [0.3, 0.4) is 0 Å². The van der Waals surface area contributed by atoms with Crippen molar-refractivity contribution >= 4 is 17.8 Å². The second-order valence-electron chi connectivity index (χ2n) is 5.48. The largest absolute Gasteiger partial charge is 0.507 e. The summed E-state index contributed by atoms with van der Waals surface area (Å²) >= 11 is 0. The van der Waals surface area contributed by atoms with Crippen LogP contribution in [0.1, 0.15) is 22.3 Å². The van der Waals surface area contributed by atoms with Gasteiger partial charge in [-0.2, -0.15) is 5.10 Å². The average Bonchev–Trinajstić information content (AvgIpc) is 2.48. The number of aromatic hydroxyl groups is 1. The van der Waals surface area contributed by atoms with E-state index in [2.05, 4.69) is 28.0 Å². The number of hydrogen-bond donors (Lipinski definition) is 3. The lowest BCUT2D eigenvalue weighted by Gasteiger charge is -2.13. The molecule has 5 nitrogen and oxygen atoms in total. The van der Waals surface area contributed by atoms with Gasteiger partial charge in [0.1, 0.15) is 5.75 Å². The molecule has 0 saturated carbocycles. The van der Waals surface area contributed by atoms with Crippen molar-refractivity contribution in [3.05, 3.63) is 58.7 Å². The smallest absolute Gasteiger partial charge is 0.259 e. The lowest BCUT2D eigenvalue weighted by Crippen LogP contribution is -2.26. The first kappa shape index (κ1) is 16.5. The highest BCUT2D eigenvalue weighted by Crippen LogP contribution is 2.21. The number of aryl methyl sites for hydroxylation is 3. The number of benzene rings is 2. The third-order valence-corrected chi connectivity index (χ3v) is 3.43. The molecule has 2 aromatic carbocycles. The zero-order valence-electron chi connectivity index (χ0n) is 13.6. The number of hydrazone groups is 1. The molecule has 0 bridgehead atoms. The molecular weight excluding hydrogens is 290 g/mol. The van der Waals surface area contributed by atoms with E-state index < -0.39 is 0 Å². The van der Waals surface area contributed by atoms with Crippen LogP contribution in [-0.2, 0) is 4.79 Å². The van der Waals surface area contributed by atoms with Crippen LogP contribution < -0.4 is 10.7 Å². The predicted octanol–water partition coefficient (Wildman–Crippen LogP) is 2.88. The van der Waals surface area contributed by atoms with Crippen LogP contribution in [0.4, 0.5) is 5.69 Å². The van der Waals surface area contributed by atoms with Gasteiger partial charge in [0.25, 0.3) is 5.91 Å². The summed E-state index contributed by atoms with van der Waals surface area (Å²) in [6, 6.07) is 10.9. The minimum atomic E-state index is -0.254. The van der Waals surface area contributed by atoms with Gasteiger partial charge >= 0.3 is 0 Å². The third kappa shape index (κ3) is 4.57. The minimum Gasteiger partial charge on any atom is -0.507 e. The van der Waals surface area contributed by atoms with Crippen LogP contribution in [0.5, 0.6) is 5.75 Å². The number of carbonyl (C=O) groups excluding carboxylic acids is 1. The van der Waals surface area contributed by atoms with Crippen LogP contribution in [0.15, 0.2) is 41.5 Å². The maximum Gasteiger partial charge on any atom is 0.259 e. The van der Waals surface area contributed by atoms with E-state index in [1.54, 1.807) is 24.3 Å². The van der Waals surface area contributed by atoms with Crippen LogP contribution in [0.2, 0.25) is 0 Å². The summed E-state index contributed by atoms with van der Waals surface area (Å²) in [4.78, 5) is 11.8. The molecule has 0 aromatic heterocycles. The Morgan fingerprint density at radius 1 is 1.17 bits per heavy atom. The van der Waals surface area contributed by atoms with Crippen molar-refractivity contribution in [3.8, 4) is 5.75 Å². The van der Waals surface area contributed by atoms with E-state index in [0.29, 0.717) is 5.56 Å². The van der Waals surface area contributed by atoms with Gasteiger partial charge in [-0.15, -0.1) is 0 Å². The molecule has 0 atom stereocenters. The van der Waals surface area contributed by atoms with Gasteiger partial charge in [0.2, 0.25) is 0 Å². The zero-order chi connectivity index (χ0) is 16.8. The normalized spacial score (nSPS) is 10.7. The van der Waals surface area contributed by atoms with E-state index in [4.69, 9.17) is 0 Å². The lowest BCUT2D eigenvalue weighted by molar-refractivity contribution is -0.119. The molecule has 2 aromatic rings. The Labute approximate surface area is 136 Å². The standard InChI is InChI=1S/C18H21N3O2/c1-12-8-13(2)18(14(3)9-12)19-11-17(23)21-20-10-15-6-4-5-7-16(15)22/h4-10,19,22H,11H2,1-3H3,(H,21,23)/b20-10+. The molecule has 0 heterocycles. The third-order valence-electron chi connectivity index (χ3n) is 3.43. The van der Waals surface area contributed by atoms with Crippen molar-refractivity contribution in [3.63, 3.8) is 0 Å². The van der Waals surface area contributed by atoms with Crippen molar-refractivity contribution in [2.45, 2.75) is 20.8 Å². The molecule has 0 aliphatic rings. The summed E-state index contributed by atoms with van der Waals surface area (Å²) in [5, 5.41) is 16.6. The van der Waals surface area contributed by atoms with E-state index in [0.717, 1.165) is 16.8 Å². The van der Waals surface area contributed by atoms with Crippen LogP contribution in [-0.4, -0.2) is 23.8 Å². The molecule has 0 aliphatic heterocycles. The first-order valence-electron chi connectivity index (χ1n) is 7.39. The van der Waals surface area contributed by atoms with Gasteiger partial charge < -0.3 is 10.4 Å². The highest BCUT2D eigenvalue weighted by atomic mass is 16.3. The highest BCUT2D eigenvalue weighted by molar-refractivity contribution is 5.86. The number of phenols is 1. The first-order chi connectivity index (χ1) is 11.0. The SMILES string of the molecule is Cc1cc(C)c(NCC(=O)N/N=C/c2ccccc2O)c(C)c1. The molecule has 120 valence electrons. The van der Waals surface area contributed by atoms with Crippen molar-refractivity contribution in [1.82, 2.24) is 5.43 Å². The topological polar surface area (TPSA) is 73.7 Å². The molecule has 2 rings (SSSR count). The molecular formula is C18H21N3O2. The number of amides is 1. The van der Waals surface area contributed by atoms with Crippen molar-refractivity contribution < 1.29 is 9.90 Å². The van der Waals surface area contributed by atoms with Gasteiger partial charge in [0.05, 0.1) is 12.8 Å².